The van der Waals surface area contributed by atoms with Crippen molar-refractivity contribution in [2.45, 2.75) is 25.5 Å². The van der Waals surface area contributed by atoms with Gasteiger partial charge in [-0.1, -0.05) is 0 Å². The van der Waals surface area contributed by atoms with Crippen molar-refractivity contribution in [3.05, 3.63) is 0 Å². The van der Waals surface area contributed by atoms with E-state index >= 15 is 0 Å². The van der Waals surface area contributed by atoms with Crippen molar-refractivity contribution in [2.24, 2.45) is 0 Å². The summed E-state index contributed by atoms with van der Waals surface area (Å²) in [5.74, 6) is -1.65. The van der Waals surface area contributed by atoms with Crippen molar-refractivity contribution in [3.63, 3.8) is 0 Å². The predicted octanol–water partition coefficient (Wildman–Crippen LogP) is -1.22. The minimum Gasteiger partial charge on any atom is -0.480 e. The standard InChI is InChI=1S/C8H17NO6S/c1-6(10)7(8(11)12)9-16(13,14)5-3-4-15-2/h6-7,9-10H,3-5H2,1-2H3,(H,11,12)/t6-,7+/m1/s1. The maximum absolute atomic E-state index is 11.4. The fourth-order valence-corrected chi connectivity index (χ4v) is 2.30. The summed E-state index contributed by atoms with van der Waals surface area (Å²) in [5.41, 5.74) is 0. The summed E-state index contributed by atoms with van der Waals surface area (Å²) >= 11 is 0. The number of aliphatic carboxylic acids is 1. The van der Waals surface area contributed by atoms with E-state index in [4.69, 9.17) is 10.2 Å². The van der Waals surface area contributed by atoms with Gasteiger partial charge in [-0.05, 0) is 13.3 Å². The van der Waals surface area contributed by atoms with Crippen LogP contribution in [0.25, 0.3) is 0 Å². The summed E-state index contributed by atoms with van der Waals surface area (Å²) in [5, 5.41) is 17.8. The zero-order chi connectivity index (χ0) is 12.8. The molecular formula is C8H17NO6S. The Morgan fingerprint density at radius 1 is 1.50 bits per heavy atom. The molecule has 96 valence electrons. The van der Waals surface area contributed by atoms with Crippen molar-refractivity contribution < 1.29 is 28.2 Å². The van der Waals surface area contributed by atoms with Gasteiger partial charge in [0.05, 0.1) is 11.9 Å². The van der Waals surface area contributed by atoms with Crippen LogP contribution in [0.1, 0.15) is 13.3 Å². The van der Waals surface area contributed by atoms with Crippen LogP contribution in [0.15, 0.2) is 0 Å². The Hall–Kier alpha value is -0.700. The number of ether oxygens (including phenoxy) is 1. The van der Waals surface area contributed by atoms with E-state index in [1.54, 1.807) is 0 Å². The number of carboxylic acids is 1. The van der Waals surface area contributed by atoms with Gasteiger partial charge < -0.3 is 14.9 Å². The molecule has 7 nitrogen and oxygen atoms in total. The van der Waals surface area contributed by atoms with E-state index in [2.05, 4.69) is 4.74 Å². The van der Waals surface area contributed by atoms with E-state index in [1.165, 1.54) is 14.0 Å². The number of hydrogen-bond acceptors (Lipinski definition) is 5. The van der Waals surface area contributed by atoms with Crippen LogP contribution in [-0.4, -0.2) is 56.2 Å². The molecule has 0 heterocycles. The Morgan fingerprint density at radius 3 is 2.44 bits per heavy atom. The van der Waals surface area contributed by atoms with Crippen molar-refractivity contribution >= 4 is 16.0 Å². The molecule has 0 aliphatic rings. The van der Waals surface area contributed by atoms with Gasteiger partial charge in [0.1, 0.15) is 6.04 Å². The Bertz CT molecular complexity index is 312. The number of aliphatic hydroxyl groups excluding tert-OH is 1. The fraction of sp³-hybridized carbons (Fsp3) is 0.875. The fourth-order valence-electron chi connectivity index (χ4n) is 1.00. The zero-order valence-electron chi connectivity index (χ0n) is 9.21. The summed E-state index contributed by atoms with van der Waals surface area (Å²) in [6.45, 7) is 1.48. The van der Waals surface area contributed by atoms with Crippen molar-refractivity contribution in [1.82, 2.24) is 4.72 Å². The van der Waals surface area contributed by atoms with Crippen LogP contribution in [0.3, 0.4) is 0 Å². The molecule has 0 aromatic carbocycles. The number of aliphatic hydroxyl groups is 1. The first-order chi connectivity index (χ1) is 7.30. The Balaban J connectivity index is 4.37. The van der Waals surface area contributed by atoms with Crippen LogP contribution in [0.2, 0.25) is 0 Å². The molecule has 0 amide bonds. The number of hydrogen-bond donors (Lipinski definition) is 3. The molecular weight excluding hydrogens is 238 g/mol. The lowest BCUT2D eigenvalue weighted by Crippen LogP contribution is -2.48. The molecule has 0 bridgehead atoms. The first-order valence-corrected chi connectivity index (χ1v) is 6.35. The summed E-state index contributed by atoms with van der Waals surface area (Å²) in [4.78, 5) is 10.6. The minimum absolute atomic E-state index is 0.239. The second kappa shape index (κ2) is 6.79. The van der Waals surface area contributed by atoms with E-state index in [-0.39, 0.29) is 18.8 Å². The molecule has 0 unspecified atom stereocenters. The molecule has 0 radical (unpaired) electrons. The van der Waals surface area contributed by atoms with Crippen molar-refractivity contribution in [2.75, 3.05) is 19.5 Å². The van der Waals surface area contributed by atoms with Crippen LogP contribution in [-0.2, 0) is 19.6 Å². The molecule has 0 fully saturated rings. The highest BCUT2D eigenvalue weighted by atomic mass is 32.2. The van der Waals surface area contributed by atoms with E-state index in [9.17, 15) is 13.2 Å². The topological polar surface area (TPSA) is 113 Å². The molecule has 0 aliphatic carbocycles. The van der Waals surface area contributed by atoms with E-state index in [0.717, 1.165) is 0 Å². The van der Waals surface area contributed by atoms with E-state index in [1.807, 2.05) is 4.72 Å². The van der Waals surface area contributed by atoms with Gasteiger partial charge in [0.15, 0.2) is 0 Å². The molecule has 16 heavy (non-hydrogen) atoms. The SMILES string of the molecule is COCCCS(=O)(=O)N[C@H](C(=O)O)[C@@H](C)O. The lowest BCUT2D eigenvalue weighted by molar-refractivity contribution is -0.141. The van der Waals surface area contributed by atoms with Gasteiger partial charge in [-0.25, -0.2) is 8.42 Å². The second-order valence-corrected chi connectivity index (χ2v) is 5.21. The number of nitrogens with one attached hydrogen (secondary N) is 1. The highest BCUT2D eigenvalue weighted by Gasteiger charge is 2.27. The molecule has 0 aromatic rings. The lowest BCUT2D eigenvalue weighted by atomic mass is 10.2. The molecule has 0 saturated carbocycles. The molecule has 3 N–H and O–H groups in total. The third-order valence-corrected chi connectivity index (χ3v) is 3.26. The molecule has 0 aliphatic heterocycles. The molecule has 0 rings (SSSR count). The smallest absolute Gasteiger partial charge is 0.324 e. The van der Waals surface area contributed by atoms with Gasteiger partial charge in [0, 0.05) is 13.7 Å². The number of carboxylic acid groups (broad SMARTS) is 1. The molecule has 0 aromatic heterocycles. The third-order valence-electron chi connectivity index (χ3n) is 1.82. The first-order valence-electron chi connectivity index (χ1n) is 4.70. The van der Waals surface area contributed by atoms with Crippen LogP contribution < -0.4 is 4.72 Å². The number of carbonyl (C=O) groups is 1. The van der Waals surface area contributed by atoms with Crippen LogP contribution in [0, 0.1) is 0 Å². The average Bonchev–Trinajstić information content (AvgIpc) is 2.13. The predicted molar refractivity (Wildman–Crippen MR) is 56.5 cm³/mol. The second-order valence-electron chi connectivity index (χ2n) is 3.34. The number of rotatable bonds is 8. The minimum atomic E-state index is -3.71. The van der Waals surface area contributed by atoms with E-state index in [0.29, 0.717) is 0 Å². The third kappa shape index (κ3) is 6.01. The quantitative estimate of drug-likeness (QED) is 0.468. The maximum atomic E-state index is 11.4. The first kappa shape index (κ1) is 15.3. The van der Waals surface area contributed by atoms with Crippen LogP contribution in [0.5, 0.6) is 0 Å². The molecule has 0 saturated heterocycles. The van der Waals surface area contributed by atoms with E-state index < -0.39 is 28.1 Å². The largest absolute Gasteiger partial charge is 0.480 e. The molecule has 0 spiro atoms. The monoisotopic (exact) mass is 255 g/mol. The van der Waals surface area contributed by atoms with Gasteiger partial charge in [0.2, 0.25) is 10.0 Å². The molecule has 8 heteroatoms. The average molecular weight is 255 g/mol. The highest BCUT2D eigenvalue weighted by molar-refractivity contribution is 7.89. The maximum Gasteiger partial charge on any atom is 0.324 e. The van der Waals surface area contributed by atoms with Gasteiger partial charge >= 0.3 is 5.97 Å². The lowest BCUT2D eigenvalue weighted by Gasteiger charge is -2.16. The van der Waals surface area contributed by atoms with Gasteiger partial charge in [-0.15, -0.1) is 0 Å². The summed E-state index contributed by atoms with van der Waals surface area (Å²) < 4.78 is 29.4. The van der Waals surface area contributed by atoms with Gasteiger partial charge in [-0.3, -0.25) is 4.79 Å². The zero-order valence-corrected chi connectivity index (χ0v) is 10.0. The van der Waals surface area contributed by atoms with Crippen molar-refractivity contribution in [1.29, 1.82) is 0 Å². The highest BCUT2D eigenvalue weighted by Crippen LogP contribution is 1.98. The summed E-state index contributed by atoms with van der Waals surface area (Å²) in [6.07, 6.45) is -1.03. The number of sulfonamides is 1. The van der Waals surface area contributed by atoms with Crippen LogP contribution >= 0.6 is 0 Å². The van der Waals surface area contributed by atoms with Gasteiger partial charge in [0.25, 0.3) is 0 Å². The number of methoxy groups -OCH3 is 1. The molecule has 2 atom stereocenters. The summed E-state index contributed by atoms with van der Waals surface area (Å²) in [6, 6.07) is -1.52. The van der Waals surface area contributed by atoms with Crippen molar-refractivity contribution in [3.8, 4) is 0 Å². The Labute approximate surface area is 94.5 Å². The summed E-state index contributed by atoms with van der Waals surface area (Å²) in [7, 11) is -2.27. The Kier molecular flexibility index (Phi) is 6.49. The van der Waals surface area contributed by atoms with Crippen LogP contribution in [0.4, 0.5) is 0 Å². The van der Waals surface area contributed by atoms with Gasteiger partial charge in [-0.2, -0.15) is 4.72 Å². The normalized spacial score (nSPS) is 15.7. The Morgan fingerprint density at radius 2 is 2.06 bits per heavy atom.